The summed E-state index contributed by atoms with van der Waals surface area (Å²) in [6.07, 6.45) is 15.7. The largest absolute Gasteiger partial charge is 0.388 e. The molecular weight excluding hydrogens is 260 g/mol. The van der Waals surface area contributed by atoms with Gasteiger partial charge in [0, 0.05) is 18.3 Å². The molecule has 0 bridgehead atoms. The first kappa shape index (κ1) is 18.2. The maximum Gasteiger partial charge on any atom is 0.0823 e. The van der Waals surface area contributed by atoms with Crippen molar-refractivity contribution in [3.05, 3.63) is 17.5 Å². The molecule has 0 radical (unpaired) electrons. The van der Waals surface area contributed by atoms with Gasteiger partial charge >= 0.3 is 0 Å². The van der Waals surface area contributed by atoms with Gasteiger partial charge in [-0.05, 0) is 13.3 Å². The summed E-state index contributed by atoms with van der Waals surface area (Å²) in [6, 6.07) is 0. The minimum atomic E-state index is -0.340. The summed E-state index contributed by atoms with van der Waals surface area (Å²) in [7, 11) is 1.92. The van der Waals surface area contributed by atoms with E-state index in [2.05, 4.69) is 12.0 Å². The van der Waals surface area contributed by atoms with Crippen LogP contribution in [0.25, 0.3) is 0 Å². The zero-order valence-corrected chi connectivity index (χ0v) is 14.3. The molecular formula is C18H34N2O. The average Bonchev–Trinajstić information content (AvgIpc) is 2.81. The van der Waals surface area contributed by atoms with Crippen LogP contribution in [-0.2, 0) is 7.05 Å². The molecule has 0 saturated carbocycles. The zero-order chi connectivity index (χ0) is 15.5. The summed E-state index contributed by atoms with van der Waals surface area (Å²) < 4.78 is 1.83. The molecule has 1 heterocycles. The second-order valence-corrected chi connectivity index (χ2v) is 6.30. The number of aryl methyl sites for hydroxylation is 1. The lowest BCUT2D eigenvalue weighted by atomic mass is 10.0. The van der Waals surface area contributed by atoms with E-state index in [4.69, 9.17) is 0 Å². The van der Waals surface area contributed by atoms with Gasteiger partial charge in [-0.1, -0.05) is 71.1 Å². The molecule has 0 fully saturated rings. The third-order valence-electron chi connectivity index (χ3n) is 4.46. The summed E-state index contributed by atoms with van der Waals surface area (Å²) >= 11 is 0. The summed E-state index contributed by atoms with van der Waals surface area (Å²) in [5, 5.41) is 14.4. The van der Waals surface area contributed by atoms with E-state index in [1.165, 1.54) is 57.8 Å². The Hall–Kier alpha value is -0.830. The van der Waals surface area contributed by atoms with Crippen molar-refractivity contribution in [3.63, 3.8) is 0 Å². The number of aliphatic hydroxyl groups excluding tert-OH is 1. The normalized spacial score (nSPS) is 12.8. The maximum atomic E-state index is 10.2. The molecule has 0 saturated heterocycles. The van der Waals surface area contributed by atoms with Crippen LogP contribution in [0.2, 0.25) is 0 Å². The summed E-state index contributed by atoms with van der Waals surface area (Å²) in [6.45, 7) is 4.28. The van der Waals surface area contributed by atoms with Gasteiger partial charge in [-0.2, -0.15) is 5.10 Å². The predicted molar refractivity (Wildman–Crippen MR) is 89.4 cm³/mol. The number of aromatic nitrogens is 2. The Labute approximate surface area is 130 Å². The van der Waals surface area contributed by atoms with Crippen LogP contribution in [0.4, 0.5) is 0 Å². The minimum absolute atomic E-state index is 0.340. The highest BCUT2D eigenvalue weighted by Crippen LogP contribution is 2.22. The molecule has 0 aliphatic rings. The topological polar surface area (TPSA) is 38.1 Å². The van der Waals surface area contributed by atoms with E-state index < -0.39 is 0 Å². The van der Waals surface area contributed by atoms with Gasteiger partial charge in [0.2, 0.25) is 0 Å². The van der Waals surface area contributed by atoms with Gasteiger partial charge in [-0.15, -0.1) is 0 Å². The number of hydrogen-bond acceptors (Lipinski definition) is 2. The van der Waals surface area contributed by atoms with Gasteiger partial charge in [0.15, 0.2) is 0 Å². The first-order valence-corrected chi connectivity index (χ1v) is 8.83. The SMILES string of the molecule is CCCCCCCCCCCCC(O)c1cnn(C)c1C. The van der Waals surface area contributed by atoms with Crippen LogP contribution in [0, 0.1) is 6.92 Å². The van der Waals surface area contributed by atoms with E-state index in [-0.39, 0.29) is 6.10 Å². The summed E-state index contributed by atoms with van der Waals surface area (Å²) in [5.74, 6) is 0. The lowest BCUT2D eigenvalue weighted by molar-refractivity contribution is 0.162. The Bertz CT molecular complexity index is 373. The number of hydrogen-bond donors (Lipinski definition) is 1. The van der Waals surface area contributed by atoms with Crippen LogP contribution < -0.4 is 0 Å². The van der Waals surface area contributed by atoms with Gasteiger partial charge < -0.3 is 5.11 Å². The highest BCUT2D eigenvalue weighted by atomic mass is 16.3. The van der Waals surface area contributed by atoms with E-state index in [1.807, 2.05) is 18.7 Å². The lowest BCUT2D eigenvalue weighted by Crippen LogP contribution is -2.00. The lowest BCUT2D eigenvalue weighted by Gasteiger charge is -2.10. The van der Waals surface area contributed by atoms with Crippen LogP contribution in [0.1, 0.15) is 94.9 Å². The number of nitrogens with zero attached hydrogens (tertiary/aromatic N) is 2. The molecule has 0 aliphatic heterocycles. The molecule has 1 unspecified atom stereocenters. The van der Waals surface area contributed by atoms with E-state index in [1.54, 1.807) is 6.20 Å². The van der Waals surface area contributed by atoms with Crippen molar-refractivity contribution in [2.45, 2.75) is 90.6 Å². The molecule has 122 valence electrons. The minimum Gasteiger partial charge on any atom is -0.388 e. The molecule has 0 amide bonds. The molecule has 3 heteroatoms. The Morgan fingerprint density at radius 1 is 1.00 bits per heavy atom. The van der Waals surface area contributed by atoms with Crippen molar-refractivity contribution < 1.29 is 5.11 Å². The Balaban J connectivity index is 1.98. The molecule has 0 aromatic carbocycles. The molecule has 0 spiro atoms. The Kier molecular flexibility index (Phi) is 9.40. The molecule has 1 aromatic heterocycles. The molecule has 1 aromatic rings. The quantitative estimate of drug-likeness (QED) is 0.546. The first-order valence-electron chi connectivity index (χ1n) is 8.83. The van der Waals surface area contributed by atoms with Crippen LogP contribution in [0.15, 0.2) is 6.20 Å². The molecule has 0 aliphatic carbocycles. The van der Waals surface area contributed by atoms with Crippen molar-refractivity contribution in [2.75, 3.05) is 0 Å². The van der Waals surface area contributed by atoms with Crippen molar-refractivity contribution >= 4 is 0 Å². The van der Waals surface area contributed by atoms with E-state index in [9.17, 15) is 5.11 Å². The van der Waals surface area contributed by atoms with Crippen molar-refractivity contribution in [2.24, 2.45) is 7.05 Å². The van der Waals surface area contributed by atoms with Crippen LogP contribution in [0.5, 0.6) is 0 Å². The van der Waals surface area contributed by atoms with E-state index in [0.29, 0.717) is 0 Å². The molecule has 1 atom stereocenters. The smallest absolute Gasteiger partial charge is 0.0823 e. The molecule has 3 nitrogen and oxygen atoms in total. The number of rotatable bonds is 12. The standard InChI is InChI=1S/C18H34N2O/c1-4-5-6-7-8-9-10-11-12-13-14-18(21)17-15-19-20(3)16(17)2/h15,18,21H,4-14H2,1-3H3. The van der Waals surface area contributed by atoms with Gasteiger partial charge in [0.05, 0.1) is 12.3 Å². The zero-order valence-electron chi connectivity index (χ0n) is 14.3. The second-order valence-electron chi connectivity index (χ2n) is 6.30. The number of aliphatic hydroxyl groups is 1. The van der Waals surface area contributed by atoms with Gasteiger partial charge in [0.1, 0.15) is 0 Å². The van der Waals surface area contributed by atoms with Crippen molar-refractivity contribution in [1.82, 2.24) is 9.78 Å². The molecule has 1 N–H and O–H groups in total. The second kappa shape index (κ2) is 10.8. The van der Waals surface area contributed by atoms with Crippen LogP contribution >= 0.6 is 0 Å². The fraction of sp³-hybridized carbons (Fsp3) is 0.833. The van der Waals surface area contributed by atoms with Gasteiger partial charge in [-0.25, -0.2) is 0 Å². The number of unbranched alkanes of at least 4 members (excludes halogenated alkanes) is 9. The van der Waals surface area contributed by atoms with E-state index in [0.717, 1.165) is 24.1 Å². The highest BCUT2D eigenvalue weighted by molar-refractivity contribution is 5.18. The summed E-state index contributed by atoms with van der Waals surface area (Å²) in [4.78, 5) is 0. The van der Waals surface area contributed by atoms with Crippen molar-refractivity contribution in [1.29, 1.82) is 0 Å². The fourth-order valence-electron chi connectivity index (χ4n) is 2.82. The Morgan fingerprint density at radius 2 is 1.52 bits per heavy atom. The molecule has 21 heavy (non-hydrogen) atoms. The van der Waals surface area contributed by atoms with Crippen LogP contribution in [-0.4, -0.2) is 14.9 Å². The first-order chi connectivity index (χ1) is 10.2. The molecule has 1 rings (SSSR count). The summed E-state index contributed by atoms with van der Waals surface area (Å²) in [5.41, 5.74) is 2.07. The van der Waals surface area contributed by atoms with Gasteiger partial charge in [0.25, 0.3) is 0 Å². The van der Waals surface area contributed by atoms with E-state index >= 15 is 0 Å². The highest BCUT2D eigenvalue weighted by Gasteiger charge is 2.13. The van der Waals surface area contributed by atoms with Crippen LogP contribution in [0.3, 0.4) is 0 Å². The maximum absolute atomic E-state index is 10.2. The third kappa shape index (κ3) is 7.12. The fourth-order valence-corrected chi connectivity index (χ4v) is 2.82. The Morgan fingerprint density at radius 3 is 2.00 bits per heavy atom. The average molecular weight is 294 g/mol. The third-order valence-corrected chi connectivity index (χ3v) is 4.46. The monoisotopic (exact) mass is 294 g/mol. The van der Waals surface area contributed by atoms with Gasteiger partial charge in [-0.3, -0.25) is 4.68 Å². The predicted octanol–water partition coefficient (Wildman–Crippen LogP) is 5.07. The van der Waals surface area contributed by atoms with Crippen molar-refractivity contribution in [3.8, 4) is 0 Å².